The number of nitrogens with one attached hydrogen (secondary N) is 1. The van der Waals surface area contributed by atoms with Crippen LogP contribution < -0.4 is 5.32 Å². The smallest absolute Gasteiger partial charge is 0.479 e. The van der Waals surface area contributed by atoms with Crippen molar-refractivity contribution in [1.82, 2.24) is 15.5 Å². The van der Waals surface area contributed by atoms with E-state index in [0.29, 0.717) is 16.5 Å². The van der Waals surface area contributed by atoms with Gasteiger partial charge in [-0.1, -0.05) is 12.1 Å². The van der Waals surface area contributed by atoms with Crippen LogP contribution in [0.2, 0.25) is 0 Å². The molecular weight excluding hydrogens is 346 g/mol. The SMILES string of the molecule is CC[C@](C(=O)O)(C(=O)NCc1cc(C)on1)N(C)OC(=O)OC(C)(C)C. The Balaban J connectivity index is 2.92. The van der Waals surface area contributed by atoms with Gasteiger partial charge < -0.3 is 24.5 Å². The lowest BCUT2D eigenvalue weighted by molar-refractivity contribution is -0.202. The molecule has 0 bridgehead atoms. The maximum atomic E-state index is 12.6. The number of hydrogen-bond acceptors (Lipinski definition) is 8. The van der Waals surface area contributed by atoms with E-state index in [1.54, 1.807) is 33.8 Å². The minimum atomic E-state index is -2.13. The van der Waals surface area contributed by atoms with Crippen molar-refractivity contribution < 1.29 is 33.6 Å². The number of hydrogen-bond donors (Lipinski definition) is 2. The summed E-state index contributed by atoms with van der Waals surface area (Å²) in [6.45, 7) is 8.03. The van der Waals surface area contributed by atoms with Gasteiger partial charge in [-0.05, 0) is 34.1 Å². The molecule has 26 heavy (non-hydrogen) atoms. The Bertz CT molecular complexity index is 665. The molecule has 1 aromatic heterocycles. The molecule has 10 heteroatoms. The van der Waals surface area contributed by atoms with Crippen LogP contribution in [0.3, 0.4) is 0 Å². The second kappa shape index (κ2) is 8.17. The van der Waals surface area contributed by atoms with E-state index in [9.17, 15) is 19.5 Å². The number of aromatic nitrogens is 1. The maximum Gasteiger partial charge on any atom is 0.528 e. The van der Waals surface area contributed by atoms with Crippen LogP contribution in [-0.4, -0.2) is 51.5 Å². The topological polar surface area (TPSA) is 131 Å². The first kappa shape index (κ1) is 21.4. The fraction of sp³-hybridized carbons (Fsp3) is 0.625. The van der Waals surface area contributed by atoms with Gasteiger partial charge in [0, 0.05) is 13.1 Å². The minimum Gasteiger partial charge on any atom is -0.479 e. The quantitative estimate of drug-likeness (QED) is 0.417. The van der Waals surface area contributed by atoms with E-state index in [2.05, 4.69) is 10.5 Å². The Morgan fingerprint density at radius 2 is 1.96 bits per heavy atom. The molecule has 0 saturated carbocycles. The zero-order valence-electron chi connectivity index (χ0n) is 15.8. The van der Waals surface area contributed by atoms with Gasteiger partial charge in [0.15, 0.2) is 0 Å². The van der Waals surface area contributed by atoms with E-state index in [1.807, 2.05) is 0 Å². The number of rotatable bonds is 7. The molecule has 1 atom stereocenters. The van der Waals surface area contributed by atoms with Gasteiger partial charge in [0.05, 0.1) is 6.54 Å². The molecule has 0 spiro atoms. The lowest BCUT2D eigenvalue weighted by Crippen LogP contribution is -2.62. The molecule has 1 aromatic rings. The summed E-state index contributed by atoms with van der Waals surface area (Å²) in [5.41, 5.74) is -2.53. The fourth-order valence-electron chi connectivity index (χ4n) is 2.19. The van der Waals surface area contributed by atoms with Crippen molar-refractivity contribution in [3.05, 3.63) is 17.5 Å². The Hall–Kier alpha value is -2.62. The van der Waals surface area contributed by atoms with E-state index in [1.165, 1.54) is 14.0 Å². The molecule has 0 saturated heterocycles. The summed E-state index contributed by atoms with van der Waals surface area (Å²) in [4.78, 5) is 41.2. The van der Waals surface area contributed by atoms with Crippen LogP contribution in [0.15, 0.2) is 10.6 Å². The summed E-state index contributed by atoms with van der Waals surface area (Å²) in [6.07, 6.45) is -1.27. The molecule has 10 nitrogen and oxygen atoms in total. The molecule has 0 aromatic carbocycles. The predicted molar refractivity (Wildman–Crippen MR) is 88.8 cm³/mol. The van der Waals surface area contributed by atoms with Gasteiger partial charge in [0.2, 0.25) is 5.54 Å². The van der Waals surface area contributed by atoms with Crippen LogP contribution in [0.4, 0.5) is 4.79 Å². The lowest BCUT2D eigenvalue weighted by atomic mass is 9.94. The summed E-state index contributed by atoms with van der Waals surface area (Å²) >= 11 is 0. The number of hydroxylamine groups is 2. The molecule has 0 radical (unpaired) electrons. The third-order valence-corrected chi connectivity index (χ3v) is 3.49. The Labute approximate surface area is 151 Å². The standard InChI is InChI=1S/C16H25N3O7/c1-7-16(13(21)22,19(6)26-14(23)24-15(3,4)5)12(20)17-9-11-8-10(2)25-18-11/h8H,7,9H2,1-6H3,(H,17,20)(H,21,22)/t16-/m1/s1. The van der Waals surface area contributed by atoms with Crippen LogP contribution in [-0.2, 0) is 25.7 Å². The second-order valence-electron chi connectivity index (χ2n) is 6.68. The number of amides is 1. The van der Waals surface area contributed by atoms with Crippen LogP contribution in [0.1, 0.15) is 45.6 Å². The fourth-order valence-corrected chi connectivity index (χ4v) is 2.19. The Kier molecular flexibility index (Phi) is 6.73. The van der Waals surface area contributed by atoms with Gasteiger partial charge in [0.25, 0.3) is 5.91 Å². The average molecular weight is 371 g/mol. The third kappa shape index (κ3) is 5.19. The third-order valence-electron chi connectivity index (χ3n) is 3.49. The summed E-state index contributed by atoms with van der Waals surface area (Å²) in [5.74, 6) is -1.78. The van der Waals surface area contributed by atoms with Crippen molar-refractivity contribution in [3.8, 4) is 0 Å². The number of nitrogens with zero attached hydrogens (tertiary/aromatic N) is 2. The molecule has 1 amide bonds. The number of carboxylic acid groups (broad SMARTS) is 1. The lowest BCUT2D eigenvalue weighted by Gasteiger charge is -2.34. The molecule has 0 unspecified atom stereocenters. The van der Waals surface area contributed by atoms with Crippen LogP contribution in [0.25, 0.3) is 0 Å². The maximum absolute atomic E-state index is 12.6. The van der Waals surface area contributed by atoms with Crippen molar-refractivity contribution >= 4 is 18.0 Å². The van der Waals surface area contributed by atoms with Crippen LogP contribution in [0, 0.1) is 6.92 Å². The van der Waals surface area contributed by atoms with Crippen molar-refractivity contribution in [2.75, 3.05) is 7.05 Å². The Morgan fingerprint density at radius 1 is 1.35 bits per heavy atom. The molecule has 0 aliphatic carbocycles. The van der Waals surface area contributed by atoms with Gasteiger partial charge in [-0.2, -0.15) is 0 Å². The average Bonchev–Trinajstić information content (AvgIpc) is 2.89. The number of carboxylic acids is 1. The van der Waals surface area contributed by atoms with Gasteiger partial charge in [0.1, 0.15) is 17.1 Å². The number of likely N-dealkylation sites (N-methyl/N-ethyl adjacent to an activating group) is 1. The summed E-state index contributed by atoms with van der Waals surface area (Å²) in [6, 6.07) is 1.61. The highest BCUT2D eigenvalue weighted by molar-refractivity contribution is 6.06. The van der Waals surface area contributed by atoms with E-state index in [0.717, 1.165) is 0 Å². The normalized spacial score (nSPS) is 13.8. The summed E-state index contributed by atoms with van der Waals surface area (Å²) in [7, 11) is 1.18. The highest BCUT2D eigenvalue weighted by Crippen LogP contribution is 2.22. The molecule has 0 fully saturated rings. The number of aliphatic carboxylic acids is 1. The molecular formula is C16H25N3O7. The van der Waals surface area contributed by atoms with Crippen LogP contribution in [0.5, 0.6) is 0 Å². The number of carbonyl (C=O) groups is 3. The van der Waals surface area contributed by atoms with Gasteiger partial charge in [-0.15, -0.1) is 5.06 Å². The monoisotopic (exact) mass is 371 g/mol. The molecule has 2 N–H and O–H groups in total. The summed E-state index contributed by atoms with van der Waals surface area (Å²) < 4.78 is 9.88. The van der Waals surface area contributed by atoms with Crippen molar-refractivity contribution in [2.45, 2.75) is 58.7 Å². The van der Waals surface area contributed by atoms with E-state index in [4.69, 9.17) is 14.1 Å². The number of ether oxygens (including phenoxy) is 1. The first-order valence-corrected chi connectivity index (χ1v) is 8.01. The zero-order chi connectivity index (χ0) is 20.1. The van der Waals surface area contributed by atoms with E-state index >= 15 is 0 Å². The van der Waals surface area contributed by atoms with E-state index in [-0.39, 0.29) is 13.0 Å². The minimum absolute atomic E-state index is 0.0362. The number of carbonyl (C=O) groups excluding carboxylic acids is 2. The molecule has 1 rings (SSSR count). The molecule has 146 valence electrons. The first-order chi connectivity index (χ1) is 11.9. The van der Waals surface area contributed by atoms with E-state index < -0.39 is 29.2 Å². The molecule has 1 heterocycles. The highest BCUT2D eigenvalue weighted by atomic mass is 16.8. The largest absolute Gasteiger partial charge is 0.528 e. The molecule has 0 aliphatic heterocycles. The van der Waals surface area contributed by atoms with Gasteiger partial charge in [-0.3, -0.25) is 4.79 Å². The predicted octanol–water partition coefficient (Wildman–Crippen LogP) is 1.63. The van der Waals surface area contributed by atoms with Crippen LogP contribution >= 0.6 is 0 Å². The second-order valence-corrected chi connectivity index (χ2v) is 6.68. The van der Waals surface area contributed by atoms with Crippen molar-refractivity contribution in [3.63, 3.8) is 0 Å². The zero-order valence-corrected chi connectivity index (χ0v) is 15.8. The Morgan fingerprint density at radius 3 is 2.38 bits per heavy atom. The van der Waals surface area contributed by atoms with Crippen molar-refractivity contribution in [1.29, 1.82) is 0 Å². The van der Waals surface area contributed by atoms with Gasteiger partial charge >= 0.3 is 12.1 Å². The molecule has 0 aliphatic rings. The van der Waals surface area contributed by atoms with Gasteiger partial charge in [-0.25, -0.2) is 9.59 Å². The highest BCUT2D eigenvalue weighted by Gasteiger charge is 2.51. The summed E-state index contributed by atoms with van der Waals surface area (Å²) in [5, 5.41) is 16.5. The first-order valence-electron chi connectivity index (χ1n) is 8.01. The van der Waals surface area contributed by atoms with Crippen molar-refractivity contribution in [2.24, 2.45) is 0 Å². The number of aryl methyl sites for hydroxylation is 1.